The zero-order valence-corrected chi connectivity index (χ0v) is 10.4. The average Bonchev–Trinajstić information content (AvgIpc) is 2.18. The number of hydrogen-bond donors (Lipinski definition) is 1. The van der Waals surface area contributed by atoms with E-state index in [-0.39, 0.29) is 5.92 Å². The topological polar surface area (TPSA) is 32.3 Å². The molecule has 1 heterocycles. The van der Waals surface area contributed by atoms with Gasteiger partial charge in [0, 0.05) is 18.0 Å². The Morgan fingerprint density at radius 1 is 1.13 bits per heavy atom. The summed E-state index contributed by atoms with van der Waals surface area (Å²) in [4.78, 5) is 14.3. The van der Waals surface area contributed by atoms with E-state index in [4.69, 9.17) is 0 Å². The van der Waals surface area contributed by atoms with Crippen molar-refractivity contribution in [2.45, 2.75) is 52.6 Å². The molecule has 0 unspecified atom stereocenters. The second-order valence-corrected chi connectivity index (χ2v) is 4.96. The standard InChI is InChI=1S/C12H24N2O/c1-9(2)14(10(3)4)12(15)11-5-7-13-8-6-11/h9-11,13H,5-8H2,1-4H3. The van der Waals surface area contributed by atoms with Gasteiger partial charge in [0.1, 0.15) is 0 Å². The number of amides is 1. The second-order valence-electron chi connectivity index (χ2n) is 4.96. The summed E-state index contributed by atoms with van der Waals surface area (Å²) >= 11 is 0. The SMILES string of the molecule is CC(C)N(C(=O)C1CCNCC1)C(C)C. The van der Waals surface area contributed by atoms with Crippen molar-refractivity contribution in [3.05, 3.63) is 0 Å². The molecule has 0 aromatic carbocycles. The normalized spacial score (nSPS) is 18.5. The third-order valence-corrected chi connectivity index (χ3v) is 3.06. The molecule has 0 saturated carbocycles. The molecule has 3 heteroatoms. The maximum atomic E-state index is 12.3. The predicted molar refractivity (Wildman–Crippen MR) is 62.7 cm³/mol. The highest BCUT2D eigenvalue weighted by atomic mass is 16.2. The zero-order valence-electron chi connectivity index (χ0n) is 10.4. The van der Waals surface area contributed by atoms with Crippen LogP contribution in [0, 0.1) is 5.92 Å². The zero-order chi connectivity index (χ0) is 11.4. The first-order valence-electron chi connectivity index (χ1n) is 6.07. The lowest BCUT2D eigenvalue weighted by atomic mass is 9.95. The Balaban J connectivity index is 2.62. The third-order valence-electron chi connectivity index (χ3n) is 3.06. The van der Waals surface area contributed by atoms with Crippen LogP contribution in [-0.4, -0.2) is 36.0 Å². The van der Waals surface area contributed by atoms with Crippen LogP contribution < -0.4 is 5.32 Å². The number of piperidine rings is 1. The summed E-state index contributed by atoms with van der Waals surface area (Å²) in [5.41, 5.74) is 0. The molecule has 0 aromatic heterocycles. The van der Waals surface area contributed by atoms with Gasteiger partial charge in [-0.3, -0.25) is 4.79 Å². The van der Waals surface area contributed by atoms with E-state index in [0.717, 1.165) is 25.9 Å². The van der Waals surface area contributed by atoms with Crippen molar-refractivity contribution in [1.82, 2.24) is 10.2 Å². The Bertz CT molecular complexity index is 200. The average molecular weight is 212 g/mol. The fourth-order valence-corrected chi connectivity index (χ4v) is 2.38. The molecule has 1 amide bonds. The van der Waals surface area contributed by atoms with Crippen LogP contribution in [0.3, 0.4) is 0 Å². The highest BCUT2D eigenvalue weighted by molar-refractivity contribution is 5.79. The molecular weight excluding hydrogens is 188 g/mol. The van der Waals surface area contributed by atoms with Crippen molar-refractivity contribution < 1.29 is 4.79 Å². The van der Waals surface area contributed by atoms with Crippen molar-refractivity contribution >= 4 is 5.91 Å². The summed E-state index contributed by atoms with van der Waals surface area (Å²) in [6, 6.07) is 0.625. The van der Waals surface area contributed by atoms with E-state index in [1.54, 1.807) is 0 Å². The van der Waals surface area contributed by atoms with Gasteiger partial charge >= 0.3 is 0 Å². The molecule has 88 valence electrons. The molecule has 1 fully saturated rings. The summed E-state index contributed by atoms with van der Waals surface area (Å²) in [6.45, 7) is 10.4. The Morgan fingerprint density at radius 2 is 1.60 bits per heavy atom. The van der Waals surface area contributed by atoms with Gasteiger partial charge < -0.3 is 10.2 Å². The lowest BCUT2D eigenvalue weighted by molar-refractivity contribution is -0.140. The first kappa shape index (κ1) is 12.5. The smallest absolute Gasteiger partial charge is 0.226 e. The lowest BCUT2D eigenvalue weighted by Gasteiger charge is -2.35. The van der Waals surface area contributed by atoms with Gasteiger partial charge in [0.05, 0.1) is 0 Å². The first-order chi connectivity index (χ1) is 7.04. The van der Waals surface area contributed by atoms with E-state index < -0.39 is 0 Å². The quantitative estimate of drug-likeness (QED) is 0.771. The molecule has 1 saturated heterocycles. The molecule has 0 aliphatic carbocycles. The fourth-order valence-electron chi connectivity index (χ4n) is 2.38. The highest BCUT2D eigenvalue weighted by Gasteiger charge is 2.28. The van der Waals surface area contributed by atoms with Crippen LogP contribution >= 0.6 is 0 Å². The third kappa shape index (κ3) is 3.20. The minimum Gasteiger partial charge on any atom is -0.338 e. The summed E-state index contributed by atoms with van der Waals surface area (Å²) in [5, 5.41) is 3.30. The summed E-state index contributed by atoms with van der Waals surface area (Å²) < 4.78 is 0. The van der Waals surface area contributed by atoms with Crippen LogP contribution in [-0.2, 0) is 4.79 Å². The Labute approximate surface area is 93.2 Å². The predicted octanol–water partition coefficient (Wildman–Crippen LogP) is 1.63. The van der Waals surface area contributed by atoms with Gasteiger partial charge in [-0.2, -0.15) is 0 Å². The Morgan fingerprint density at radius 3 is 2.00 bits per heavy atom. The van der Waals surface area contributed by atoms with Crippen molar-refractivity contribution in [3.8, 4) is 0 Å². The monoisotopic (exact) mass is 212 g/mol. The van der Waals surface area contributed by atoms with Crippen LogP contribution in [0.2, 0.25) is 0 Å². The maximum absolute atomic E-state index is 12.3. The number of hydrogen-bond acceptors (Lipinski definition) is 2. The van der Waals surface area contributed by atoms with Gasteiger partial charge in [-0.05, 0) is 53.6 Å². The Hall–Kier alpha value is -0.570. The summed E-state index contributed by atoms with van der Waals surface area (Å²) in [5.74, 6) is 0.595. The van der Waals surface area contributed by atoms with Crippen LogP contribution in [0.25, 0.3) is 0 Å². The van der Waals surface area contributed by atoms with Crippen LogP contribution in [0.5, 0.6) is 0 Å². The van der Waals surface area contributed by atoms with E-state index in [1.165, 1.54) is 0 Å². The number of carbonyl (C=O) groups excluding carboxylic acids is 1. The number of carbonyl (C=O) groups is 1. The van der Waals surface area contributed by atoms with Gasteiger partial charge in [-0.25, -0.2) is 0 Å². The highest BCUT2D eigenvalue weighted by Crippen LogP contribution is 2.18. The first-order valence-corrected chi connectivity index (χ1v) is 6.07. The number of rotatable bonds is 3. The van der Waals surface area contributed by atoms with Crippen molar-refractivity contribution in [2.75, 3.05) is 13.1 Å². The number of nitrogens with zero attached hydrogens (tertiary/aromatic N) is 1. The molecule has 1 aliphatic rings. The molecule has 0 spiro atoms. The molecule has 0 aromatic rings. The van der Waals surface area contributed by atoms with Gasteiger partial charge in [0.25, 0.3) is 0 Å². The van der Waals surface area contributed by atoms with Gasteiger partial charge in [-0.15, -0.1) is 0 Å². The van der Waals surface area contributed by atoms with Gasteiger partial charge in [-0.1, -0.05) is 0 Å². The maximum Gasteiger partial charge on any atom is 0.226 e. The van der Waals surface area contributed by atoms with E-state index >= 15 is 0 Å². The Kier molecular flexibility index (Phi) is 4.58. The van der Waals surface area contributed by atoms with Crippen LogP contribution in [0.1, 0.15) is 40.5 Å². The van der Waals surface area contributed by atoms with Crippen molar-refractivity contribution in [2.24, 2.45) is 5.92 Å². The molecule has 1 rings (SSSR count). The van der Waals surface area contributed by atoms with E-state index in [2.05, 4.69) is 33.0 Å². The second kappa shape index (κ2) is 5.50. The minimum absolute atomic E-state index is 0.246. The minimum atomic E-state index is 0.246. The van der Waals surface area contributed by atoms with Crippen LogP contribution in [0.4, 0.5) is 0 Å². The van der Waals surface area contributed by atoms with Gasteiger partial charge in [0.2, 0.25) is 5.91 Å². The molecule has 0 radical (unpaired) electrons. The largest absolute Gasteiger partial charge is 0.338 e. The van der Waals surface area contributed by atoms with Crippen molar-refractivity contribution in [1.29, 1.82) is 0 Å². The molecule has 0 atom stereocenters. The summed E-state index contributed by atoms with van der Waals surface area (Å²) in [6.07, 6.45) is 1.99. The molecule has 0 bridgehead atoms. The molecule has 1 aliphatic heterocycles. The van der Waals surface area contributed by atoms with E-state index in [1.807, 2.05) is 4.90 Å². The number of nitrogens with one attached hydrogen (secondary N) is 1. The van der Waals surface area contributed by atoms with E-state index in [0.29, 0.717) is 18.0 Å². The van der Waals surface area contributed by atoms with Crippen molar-refractivity contribution in [3.63, 3.8) is 0 Å². The molecule has 15 heavy (non-hydrogen) atoms. The fraction of sp³-hybridized carbons (Fsp3) is 0.917. The lowest BCUT2D eigenvalue weighted by Crippen LogP contribution is -2.47. The van der Waals surface area contributed by atoms with Crippen LogP contribution in [0.15, 0.2) is 0 Å². The van der Waals surface area contributed by atoms with Gasteiger partial charge in [0.15, 0.2) is 0 Å². The summed E-state index contributed by atoms with van der Waals surface area (Å²) in [7, 11) is 0. The van der Waals surface area contributed by atoms with E-state index in [9.17, 15) is 4.79 Å². The molecule has 1 N–H and O–H groups in total. The molecule has 3 nitrogen and oxygen atoms in total. The molecular formula is C12H24N2O.